The van der Waals surface area contributed by atoms with Crippen LogP contribution in [0.4, 0.5) is 0 Å². The number of benzene rings is 1. The first-order valence-corrected chi connectivity index (χ1v) is 9.24. The second-order valence-electron chi connectivity index (χ2n) is 5.84. The average molecular weight is 353 g/mol. The van der Waals surface area contributed by atoms with Crippen molar-refractivity contribution >= 4 is 22.9 Å². The fraction of sp³-hybridized carbons (Fsp3) is 0.350. The SMILES string of the molecule is CCCCC#Cc1ccc(-c2nc(C)c(C(C)=NCC(=N)N)s2)cc1. The standard InChI is InChI=1S/C20H24N4S/c1-4-5-6-7-8-16-9-11-17(12-10-16)20-24-15(3)19(25-20)14(2)23-13-18(21)22/h9-12H,4-6,13H2,1-3H3,(H3,21,22). The van der Waals surface area contributed by atoms with Crippen molar-refractivity contribution in [3.63, 3.8) is 0 Å². The van der Waals surface area contributed by atoms with Gasteiger partial charge in [-0.2, -0.15) is 0 Å². The monoisotopic (exact) mass is 352 g/mol. The van der Waals surface area contributed by atoms with E-state index in [0.717, 1.165) is 45.3 Å². The largest absolute Gasteiger partial charge is 0.386 e. The van der Waals surface area contributed by atoms with Crippen LogP contribution in [0.15, 0.2) is 29.3 Å². The normalized spacial score (nSPS) is 11.1. The van der Waals surface area contributed by atoms with Crippen LogP contribution in [0.1, 0.15) is 49.2 Å². The van der Waals surface area contributed by atoms with E-state index < -0.39 is 0 Å². The summed E-state index contributed by atoms with van der Waals surface area (Å²) in [7, 11) is 0. The number of nitrogens with one attached hydrogen (secondary N) is 1. The number of aromatic nitrogens is 1. The van der Waals surface area contributed by atoms with Crippen LogP contribution in [-0.2, 0) is 0 Å². The van der Waals surface area contributed by atoms with Crippen molar-refractivity contribution in [2.75, 3.05) is 6.54 Å². The van der Waals surface area contributed by atoms with Gasteiger partial charge in [0.15, 0.2) is 0 Å². The lowest BCUT2D eigenvalue weighted by Gasteiger charge is -1.98. The minimum absolute atomic E-state index is 0.0670. The average Bonchev–Trinajstić information content (AvgIpc) is 2.99. The van der Waals surface area contributed by atoms with Gasteiger partial charge in [-0.15, -0.1) is 11.3 Å². The predicted octanol–water partition coefficient (Wildman–Crippen LogP) is 4.41. The first-order chi connectivity index (χ1) is 12.0. The third-order valence-corrected chi connectivity index (χ3v) is 4.95. The summed E-state index contributed by atoms with van der Waals surface area (Å²) in [5.41, 5.74) is 9.31. The molecule has 2 rings (SSSR count). The summed E-state index contributed by atoms with van der Waals surface area (Å²) in [6, 6.07) is 8.21. The molecular formula is C20H24N4S. The number of rotatable bonds is 6. The minimum atomic E-state index is 0.0670. The lowest BCUT2D eigenvalue weighted by Crippen LogP contribution is -2.14. The Labute approximate surface area is 153 Å². The van der Waals surface area contributed by atoms with Gasteiger partial charge in [-0.3, -0.25) is 10.4 Å². The van der Waals surface area contributed by atoms with E-state index in [2.05, 4.69) is 40.9 Å². The lowest BCUT2D eigenvalue weighted by molar-refractivity contribution is 0.828. The van der Waals surface area contributed by atoms with Gasteiger partial charge >= 0.3 is 0 Å². The van der Waals surface area contributed by atoms with Crippen molar-refractivity contribution in [2.24, 2.45) is 10.7 Å². The number of aliphatic imine (C=N–C) groups is 1. The Morgan fingerprint density at radius 3 is 2.68 bits per heavy atom. The third kappa shape index (κ3) is 5.54. The molecule has 0 saturated carbocycles. The Hall–Kier alpha value is -2.45. The molecule has 1 aromatic heterocycles. The summed E-state index contributed by atoms with van der Waals surface area (Å²) in [6.07, 6.45) is 3.28. The van der Waals surface area contributed by atoms with E-state index in [9.17, 15) is 0 Å². The van der Waals surface area contributed by atoms with Crippen molar-refractivity contribution in [2.45, 2.75) is 40.0 Å². The Morgan fingerprint density at radius 1 is 1.32 bits per heavy atom. The minimum Gasteiger partial charge on any atom is -0.386 e. The highest BCUT2D eigenvalue weighted by atomic mass is 32.1. The second kappa shape index (κ2) is 9.14. The molecule has 0 atom stereocenters. The summed E-state index contributed by atoms with van der Waals surface area (Å²) in [5.74, 6) is 6.48. The summed E-state index contributed by atoms with van der Waals surface area (Å²) in [6.45, 7) is 6.31. The maximum atomic E-state index is 7.28. The van der Waals surface area contributed by atoms with Gasteiger partial charge in [0.25, 0.3) is 0 Å². The first kappa shape index (κ1) is 18.9. The van der Waals surface area contributed by atoms with Crippen LogP contribution in [0, 0.1) is 24.2 Å². The summed E-state index contributed by atoms with van der Waals surface area (Å²) >= 11 is 1.61. The van der Waals surface area contributed by atoms with Crippen LogP contribution in [0.3, 0.4) is 0 Å². The van der Waals surface area contributed by atoms with Crippen molar-refractivity contribution in [1.82, 2.24) is 4.98 Å². The topological polar surface area (TPSA) is 75.1 Å². The number of aryl methyl sites for hydroxylation is 1. The molecule has 4 nitrogen and oxygen atoms in total. The molecule has 0 fully saturated rings. The van der Waals surface area contributed by atoms with Gasteiger partial charge in [-0.1, -0.05) is 37.3 Å². The maximum absolute atomic E-state index is 7.28. The molecule has 0 amide bonds. The highest BCUT2D eigenvalue weighted by Crippen LogP contribution is 2.28. The summed E-state index contributed by atoms with van der Waals surface area (Å²) < 4.78 is 0. The molecule has 5 heteroatoms. The zero-order valence-electron chi connectivity index (χ0n) is 15.0. The Bertz CT molecular complexity index is 820. The number of hydrogen-bond donors (Lipinski definition) is 2. The van der Waals surface area contributed by atoms with Crippen LogP contribution in [0.5, 0.6) is 0 Å². The Morgan fingerprint density at radius 2 is 2.04 bits per heavy atom. The van der Waals surface area contributed by atoms with Crippen molar-refractivity contribution < 1.29 is 0 Å². The number of thiazole rings is 1. The molecule has 0 radical (unpaired) electrons. The number of nitrogens with zero attached hydrogens (tertiary/aromatic N) is 2. The van der Waals surface area contributed by atoms with Crippen molar-refractivity contribution in [3.05, 3.63) is 40.4 Å². The number of hydrogen-bond acceptors (Lipinski definition) is 4. The van der Waals surface area contributed by atoms with E-state index in [1.807, 2.05) is 26.0 Å². The fourth-order valence-corrected chi connectivity index (χ4v) is 3.29. The highest BCUT2D eigenvalue weighted by molar-refractivity contribution is 7.17. The molecule has 0 aliphatic heterocycles. The molecule has 0 aliphatic carbocycles. The van der Waals surface area contributed by atoms with E-state index in [-0.39, 0.29) is 12.4 Å². The van der Waals surface area contributed by atoms with Gasteiger partial charge in [-0.25, -0.2) is 4.98 Å². The van der Waals surface area contributed by atoms with Crippen LogP contribution in [-0.4, -0.2) is 23.1 Å². The van der Waals surface area contributed by atoms with E-state index in [0.29, 0.717) is 0 Å². The van der Waals surface area contributed by atoms with Gasteiger partial charge in [0.05, 0.1) is 22.8 Å². The highest BCUT2D eigenvalue weighted by Gasteiger charge is 2.11. The van der Waals surface area contributed by atoms with Crippen molar-refractivity contribution in [1.29, 1.82) is 5.41 Å². The molecule has 0 bridgehead atoms. The zero-order valence-corrected chi connectivity index (χ0v) is 15.8. The van der Waals surface area contributed by atoms with Crippen LogP contribution in [0.25, 0.3) is 10.6 Å². The van der Waals surface area contributed by atoms with E-state index in [1.165, 1.54) is 6.42 Å². The van der Waals surface area contributed by atoms with Gasteiger partial charge in [0, 0.05) is 17.5 Å². The van der Waals surface area contributed by atoms with Gasteiger partial charge in [0.1, 0.15) is 10.8 Å². The lowest BCUT2D eigenvalue weighted by atomic mass is 10.1. The maximum Gasteiger partial charge on any atom is 0.124 e. The fourth-order valence-electron chi connectivity index (χ4n) is 2.26. The van der Waals surface area contributed by atoms with Gasteiger partial charge < -0.3 is 5.73 Å². The quantitative estimate of drug-likeness (QED) is 0.350. The first-order valence-electron chi connectivity index (χ1n) is 8.42. The molecule has 0 unspecified atom stereocenters. The van der Waals surface area contributed by atoms with E-state index >= 15 is 0 Å². The van der Waals surface area contributed by atoms with Crippen LogP contribution in [0.2, 0.25) is 0 Å². The molecule has 0 spiro atoms. The number of nitrogens with two attached hydrogens (primary N) is 1. The molecule has 1 heterocycles. The number of amidine groups is 1. The number of unbranched alkanes of at least 4 members (excludes halogenated alkanes) is 2. The van der Waals surface area contributed by atoms with Crippen molar-refractivity contribution in [3.8, 4) is 22.4 Å². The van der Waals surface area contributed by atoms with Gasteiger partial charge in [-0.05, 0) is 32.4 Å². The molecule has 3 N–H and O–H groups in total. The molecule has 25 heavy (non-hydrogen) atoms. The van der Waals surface area contributed by atoms with Crippen LogP contribution >= 0.6 is 11.3 Å². The molecule has 130 valence electrons. The molecular weight excluding hydrogens is 328 g/mol. The van der Waals surface area contributed by atoms with Gasteiger partial charge in [0.2, 0.25) is 0 Å². The second-order valence-corrected chi connectivity index (χ2v) is 6.84. The molecule has 0 saturated heterocycles. The smallest absolute Gasteiger partial charge is 0.124 e. The summed E-state index contributed by atoms with van der Waals surface area (Å²) in [5, 5.41) is 8.25. The zero-order chi connectivity index (χ0) is 18.2. The third-order valence-electron chi connectivity index (χ3n) is 3.63. The van der Waals surface area contributed by atoms with E-state index in [4.69, 9.17) is 11.1 Å². The van der Waals surface area contributed by atoms with E-state index in [1.54, 1.807) is 11.3 Å². The summed E-state index contributed by atoms with van der Waals surface area (Å²) in [4.78, 5) is 10.0. The molecule has 0 aliphatic rings. The molecule has 1 aromatic carbocycles. The van der Waals surface area contributed by atoms with Crippen LogP contribution < -0.4 is 5.73 Å². The Balaban J connectivity index is 2.16. The Kier molecular flexibility index (Phi) is 6.91. The molecule has 2 aromatic rings. The predicted molar refractivity (Wildman–Crippen MR) is 108 cm³/mol.